The number of hydrogen-bond acceptors (Lipinski definition) is 5. The van der Waals surface area contributed by atoms with Gasteiger partial charge in [0, 0.05) is 30.2 Å². The third-order valence-corrected chi connectivity index (χ3v) is 5.97. The number of nitrogens with zero attached hydrogens (tertiary/aromatic N) is 1. The number of benzene rings is 2. The molecule has 1 heterocycles. The molecule has 0 bridgehead atoms. The molecule has 1 amide bonds. The largest absolute Gasteiger partial charge is 0.493 e. The molecule has 1 atom stereocenters. The Morgan fingerprint density at radius 1 is 1.00 bits per heavy atom. The highest BCUT2D eigenvalue weighted by Gasteiger charge is 2.19. The predicted molar refractivity (Wildman–Crippen MR) is 139 cm³/mol. The summed E-state index contributed by atoms with van der Waals surface area (Å²) in [6.45, 7) is 11.0. The van der Waals surface area contributed by atoms with Crippen LogP contribution in [-0.2, 0) is 13.1 Å². The topological polar surface area (TPSA) is 78.8 Å². The minimum atomic E-state index is -0.286. The fourth-order valence-corrected chi connectivity index (χ4v) is 4.25. The van der Waals surface area contributed by atoms with Crippen LogP contribution in [0, 0.1) is 12.8 Å². The number of carbonyl (C=O) groups is 1. The smallest absolute Gasteiger partial charge is 0.258 e. The zero-order valence-corrected chi connectivity index (χ0v) is 21.7. The van der Waals surface area contributed by atoms with Crippen molar-refractivity contribution < 1.29 is 19.0 Å². The summed E-state index contributed by atoms with van der Waals surface area (Å²) in [6.07, 6.45) is 2.60. The Hall–Kier alpha value is -3.48. The predicted octanol–water partition coefficient (Wildman–Crippen LogP) is 5.09. The van der Waals surface area contributed by atoms with E-state index in [0.29, 0.717) is 46.8 Å². The Labute approximate surface area is 207 Å². The molecule has 1 N–H and O–H groups in total. The molecule has 1 unspecified atom stereocenters. The SMILES string of the molecule is CCn1cc(C(=O)NCc2ccc(C)cc2OC(C)CC(C)C)c2cc(OC)c(OC)cc2c1=O. The monoisotopic (exact) mass is 480 g/mol. The van der Waals surface area contributed by atoms with Gasteiger partial charge in [0.15, 0.2) is 11.5 Å². The van der Waals surface area contributed by atoms with Crippen LogP contribution in [0.3, 0.4) is 0 Å². The van der Waals surface area contributed by atoms with Crippen LogP contribution in [0.4, 0.5) is 0 Å². The van der Waals surface area contributed by atoms with Gasteiger partial charge < -0.3 is 24.1 Å². The zero-order valence-electron chi connectivity index (χ0n) is 21.7. The zero-order chi connectivity index (χ0) is 25.7. The summed E-state index contributed by atoms with van der Waals surface area (Å²) in [5.74, 6) is 1.90. The molecule has 0 saturated heterocycles. The number of nitrogens with one attached hydrogen (secondary N) is 1. The molecule has 3 rings (SSSR count). The first-order valence-electron chi connectivity index (χ1n) is 12.0. The molecule has 0 spiro atoms. The number of amides is 1. The van der Waals surface area contributed by atoms with E-state index in [9.17, 15) is 9.59 Å². The Morgan fingerprint density at radius 3 is 2.26 bits per heavy atom. The van der Waals surface area contributed by atoms with Crippen LogP contribution in [0.2, 0.25) is 0 Å². The van der Waals surface area contributed by atoms with Crippen LogP contribution in [0.5, 0.6) is 17.2 Å². The first kappa shape index (κ1) is 26.1. The summed E-state index contributed by atoms with van der Waals surface area (Å²) in [4.78, 5) is 26.3. The van der Waals surface area contributed by atoms with E-state index in [1.807, 2.05) is 32.0 Å². The van der Waals surface area contributed by atoms with Crippen molar-refractivity contribution in [3.05, 3.63) is 63.6 Å². The summed E-state index contributed by atoms with van der Waals surface area (Å²) in [5.41, 5.74) is 2.19. The normalized spacial score (nSPS) is 12.0. The van der Waals surface area contributed by atoms with Gasteiger partial charge in [-0.3, -0.25) is 9.59 Å². The Bertz CT molecular complexity index is 1260. The average Bonchev–Trinajstić information content (AvgIpc) is 2.82. The fourth-order valence-electron chi connectivity index (χ4n) is 4.25. The van der Waals surface area contributed by atoms with Gasteiger partial charge in [-0.25, -0.2) is 0 Å². The number of aryl methyl sites for hydroxylation is 2. The van der Waals surface area contributed by atoms with E-state index in [0.717, 1.165) is 23.3 Å². The number of rotatable bonds is 10. The maximum Gasteiger partial charge on any atom is 0.258 e. The van der Waals surface area contributed by atoms with Crippen LogP contribution in [0.25, 0.3) is 10.8 Å². The Balaban J connectivity index is 1.95. The molecule has 1 aromatic heterocycles. The van der Waals surface area contributed by atoms with Crippen molar-refractivity contribution >= 4 is 16.7 Å². The molecular weight excluding hydrogens is 444 g/mol. The van der Waals surface area contributed by atoms with Gasteiger partial charge in [-0.15, -0.1) is 0 Å². The standard InChI is InChI=1S/C28H36N2O5/c1-8-30-16-23(21-13-25(33-6)26(34-7)14-22(21)28(30)32)27(31)29-15-20-10-9-18(4)12-24(20)35-19(5)11-17(2)3/h9-10,12-14,16-17,19H,8,11,15H2,1-7H3,(H,29,31). The minimum Gasteiger partial charge on any atom is -0.493 e. The quantitative estimate of drug-likeness (QED) is 0.437. The molecule has 0 aliphatic carbocycles. The molecule has 7 heteroatoms. The maximum absolute atomic E-state index is 13.4. The first-order valence-corrected chi connectivity index (χ1v) is 12.0. The van der Waals surface area contributed by atoms with Crippen LogP contribution < -0.4 is 25.1 Å². The summed E-state index contributed by atoms with van der Waals surface area (Å²) in [6, 6.07) is 9.29. The Kier molecular flexibility index (Phi) is 8.43. The van der Waals surface area contributed by atoms with Crippen LogP contribution in [0.15, 0.2) is 41.3 Å². The average molecular weight is 481 g/mol. The molecule has 0 saturated carbocycles. The number of ether oxygens (including phenoxy) is 3. The second-order valence-electron chi connectivity index (χ2n) is 9.24. The van der Waals surface area contributed by atoms with Crippen LogP contribution >= 0.6 is 0 Å². The van der Waals surface area contributed by atoms with E-state index in [1.54, 1.807) is 18.3 Å². The highest BCUT2D eigenvalue weighted by atomic mass is 16.5. The number of hydrogen-bond donors (Lipinski definition) is 1. The number of aromatic nitrogens is 1. The number of pyridine rings is 1. The minimum absolute atomic E-state index is 0.0609. The van der Waals surface area contributed by atoms with E-state index in [-0.39, 0.29) is 17.6 Å². The van der Waals surface area contributed by atoms with Gasteiger partial charge in [0.25, 0.3) is 11.5 Å². The van der Waals surface area contributed by atoms with Gasteiger partial charge in [-0.2, -0.15) is 0 Å². The van der Waals surface area contributed by atoms with Gasteiger partial charge in [0.1, 0.15) is 5.75 Å². The van der Waals surface area contributed by atoms with E-state index < -0.39 is 0 Å². The molecule has 0 aliphatic heterocycles. The maximum atomic E-state index is 13.4. The van der Waals surface area contributed by atoms with Crippen molar-refractivity contribution in [3.8, 4) is 17.2 Å². The lowest BCUT2D eigenvalue weighted by molar-refractivity contribution is 0.0951. The molecule has 0 fully saturated rings. The van der Waals surface area contributed by atoms with E-state index in [2.05, 4.69) is 26.1 Å². The molecule has 3 aromatic rings. The second-order valence-corrected chi connectivity index (χ2v) is 9.24. The summed E-state index contributed by atoms with van der Waals surface area (Å²) < 4.78 is 18.5. The highest BCUT2D eigenvalue weighted by Crippen LogP contribution is 2.32. The highest BCUT2D eigenvalue weighted by molar-refractivity contribution is 6.07. The van der Waals surface area contributed by atoms with Gasteiger partial charge in [-0.1, -0.05) is 26.0 Å². The van der Waals surface area contributed by atoms with Crippen molar-refractivity contribution in [1.29, 1.82) is 0 Å². The van der Waals surface area contributed by atoms with Crippen molar-refractivity contribution in [2.75, 3.05) is 14.2 Å². The lowest BCUT2D eigenvalue weighted by Gasteiger charge is -2.20. The fraction of sp³-hybridized carbons (Fsp3) is 0.429. The molecule has 2 aromatic carbocycles. The summed E-state index contributed by atoms with van der Waals surface area (Å²) >= 11 is 0. The van der Waals surface area contributed by atoms with E-state index >= 15 is 0 Å². The summed E-state index contributed by atoms with van der Waals surface area (Å²) in [5, 5.41) is 3.93. The molecule has 0 radical (unpaired) electrons. The Morgan fingerprint density at radius 2 is 1.66 bits per heavy atom. The van der Waals surface area contributed by atoms with Crippen molar-refractivity contribution in [2.45, 2.75) is 60.2 Å². The van der Waals surface area contributed by atoms with Gasteiger partial charge >= 0.3 is 0 Å². The number of fused-ring (bicyclic) bond motifs is 1. The third-order valence-electron chi connectivity index (χ3n) is 5.97. The molecule has 35 heavy (non-hydrogen) atoms. The van der Waals surface area contributed by atoms with Crippen molar-refractivity contribution in [1.82, 2.24) is 9.88 Å². The lowest BCUT2D eigenvalue weighted by Crippen LogP contribution is -2.27. The summed E-state index contributed by atoms with van der Waals surface area (Å²) in [7, 11) is 3.04. The van der Waals surface area contributed by atoms with Crippen molar-refractivity contribution in [3.63, 3.8) is 0 Å². The van der Waals surface area contributed by atoms with Gasteiger partial charge in [0.05, 0.1) is 31.3 Å². The first-order chi connectivity index (χ1) is 16.7. The van der Waals surface area contributed by atoms with Gasteiger partial charge in [0.2, 0.25) is 0 Å². The van der Waals surface area contributed by atoms with Crippen LogP contribution in [0.1, 0.15) is 55.6 Å². The van der Waals surface area contributed by atoms with Crippen LogP contribution in [-0.4, -0.2) is 30.8 Å². The van der Waals surface area contributed by atoms with Gasteiger partial charge in [-0.05, 0) is 56.9 Å². The molecule has 0 aliphatic rings. The lowest BCUT2D eigenvalue weighted by atomic mass is 10.0. The van der Waals surface area contributed by atoms with E-state index in [4.69, 9.17) is 14.2 Å². The molecular formula is C28H36N2O5. The molecule has 7 nitrogen and oxygen atoms in total. The number of methoxy groups -OCH3 is 2. The van der Waals surface area contributed by atoms with E-state index in [1.165, 1.54) is 18.8 Å². The molecule has 188 valence electrons. The van der Waals surface area contributed by atoms with Crippen molar-refractivity contribution in [2.24, 2.45) is 5.92 Å². The second kappa shape index (κ2) is 11.3. The third kappa shape index (κ3) is 5.96. The number of carbonyl (C=O) groups excluding carboxylic acids is 1.